The Morgan fingerprint density at radius 1 is 1.12 bits per heavy atom. The molecule has 0 atom stereocenters. The summed E-state index contributed by atoms with van der Waals surface area (Å²) in [5.41, 5.74) is 1.00. The van der Waals surface area contributed by atoms with Crippen molar-refractivity contribution in [1.82, 2.24) is 5.32 Å². The molecule has 0 aliphatic heterocycles. The molecule has 0 aromatic heterocycles. The second-order valence-corrected chi connectivity index (χ2v) is 4.34. The van der Waals surface area contributed by atoms with Gasteiger partial charge in [-0.1, -0.05) is 37.5 Å². The predicted molar refractivity (Wildman–Crippen MR) is 73.1 cm³/mol. The third kappa shape index (κ3) is 4.61. The van der Waals surface area contributed by atoms with E-state index in [2.05, 4.69) is 18.5 Å². The molecule has 1 saturated carbocycles. The van der Waals surface area contributed by atoms with Crippen LogP contribution in [-0.4, -0.2) is 11.1 Å². The van der Waals surface area contributed by atoms with E-state index in [-0.39, 0.29) is 0 Å². The SMILES string of the molecule is C=C.Oc1ccccc1CNC1CCCCC1. The predicted octanol–water partition coefficient (Wildman–Crippen LogP) is 3.62. The van der Waals surface area contributed by atoms with Crippen molar-refractivity contribution < 1.29 is 5.11 Å². The number of rotatable bonds is 3. The Morgan fingerprint density at radius 2 is 1.76 bits per heavy atom. The van der Waals surface area contributed by atoms with Crippen LogP contribution in [0.3, 0.4) is 0 Å². The standard InChI is InChI=1S/C13H19NO.C2H4/c15-13-9-5-4-6-11(13)10-14-12-7-2-1-3-8-12;1-2/h4-6,9,12,14-15H,1-3,7-8,10H2;1-2H2. The van der Waals surface area contributed by atoms with Gasteiger partial charge >= 0.3 is 0 Å². The topological polar surface area (TPSA) is 32.3 Å². The highest BCUT2D eigenvalue weighted by Crippen LogP contribution is 2.19. The van der Waals surface area contributed by atoms with Crippen LogP contribution in [0.1, 0.15) is 37.7 Å². The second-order valence-electron chi connectivity index (χ2n) is 4.34. The van der Waals surface area contributed by atoms with Crippen molar-refractivity contribution in [2.24, 2.45) is 0 Å². The molecule has 94 valence electrons. The van der Waals surface area contributed by atoms with Crippen LogP contribution < -0.4 is 5.32 Å². The third-order valence-corrected chi connectivity index (χ3v) is 3.18. The lowest BCUT2D eigenvalue weighted by Gasteiger charge is -2.23. The van der Waals surface area contributed by atoms with E-state index in [9.17, 15) is 5.11 Å². The first-order valence-corrected chi connectivity index (χ1v) is 6.36. The number of phenolic OH excluding ortho intramolecular Hbond substituents is 1. The Morgan fingerprint density at radius 3 is 2.41 bits per heavy atom. The molecule has 1 aliphatic rings. The molecular formula is C15H23NO. The summed E-state index contributed by atoms with van der Waals surface area (Å²) < 4.78 is 0. The Labute approximate surface area is 104 Å². The molecule has 0 unspecified atom stereocenters. The molecule has 1 aliphatic carbocycles. The number of phenols is 1. The molecule has 2 heteroatoms. The lowest BCUT2D eigenvalue weighted by molar-refractivity contribution is 0.369. The van der Waals surface area contributed by atoms with E-state index < -0.39 is 0 Å². The van der Waals surface area contributed by atoms with E-state index in [4.69, 9.17) is 0 Å². The smallest absolute Gasteiger partial charge is 0.120 e. The molecular weight excluding hydrogens is 210 g/mol. The number of hydrogen-bond acceptors (Lipinski definition) is 2. The Balaban J connectivity index is 0.000000686. The van der Waals surface area contributed by atoms with Gasteiger partial charge in [-0.2, -0.15) is 0 Å². The molecule has 17 heavy (non-hydrogen) atoms. The zero-order chi connectivity index (χ0) is 12.5. The van der Waals surface area contributed by atoms with E-state index in [0.717, 1.165) is 12.1 Å². The molecule has 0 radical (unpaired) electrons. The molecule has 0 bridgehead atoms. The van der Waals surface area contributed by atoms with Gasteiger partial charge in [0, 0.05) is 18.2 Å². The lowest BCUT2D eigenvalue weighted by Crippen LogP contribution is -2.30. The van der Waals surface area contributed by atoms with Crippen LogP contribution in [-0.2, 0) is 6.54 Å². The molecule has 0 amide bonds. The normalized spacial score (nSPS) is 16.0. The molecule has 2 N–H and O–H groups in total. The summed E-state index contributed by atoms with van der Waals surface area (Å²) in [6.07, 6.45) is 6.65. The summed E-state index contributed by atoms with van der Waals surface area (Å²) in [7, 11) is 0. The summed E-state index contributed by atoms with van der Waals surface area (Å²) in [4.78, 5) is 0. The summed E-state index contributed by atoms with van der Waals surface area (Å²) in [5.74, 6) is 0.404. The monoisotopic (exact) mass is 233 g/mol. The average molecular weight is 233 g/mol. The lowest BCUT2D eigenvalue weighted by atomic mass is 9.95. The minimum Gasteiger partial charge on any atom is -0.508 e. The first-order valence-electron chi connectivity index (χ1n) is 6.36. The number of aromatic hydroxyl groups is 1. The zero-order valence-corrected chi connectivity index (χ0v) is 10.5. The first-order chi connectivity index (χ1) is 8.36. The molecule has 0 saturated heterocycles. The Hall–Kier alpha value is -1.28. The minimum absolute atomic E-state index is 0.404. The third-order valence-electron chi connectivity index (χ3n) is 3.18. The fourth-order valence-corrected chi connectivity index (χ4v) is 2.22. The van der Waals surface area contributed by atoms with E-state index >= 15 is 0 Å². The van der Waals surface area contributed by atoms with Crippen LogP contribution in [0.25, 0.3) is 0 Å². The van der Waals surface area contributed by atoms with Crippen LogP contribution in [0.5, 0.6) is 5.75 Å². The highest BCUT2D eigenvalue weighted by molar-refractivity contribution is 5.31. The van der Waals surface area contributed by atoms with Crippen molar-refractivity contribution >= 4 is 0 Å². The van der Waals surface area contributed by atoms with E-state index in [1.54, 1.807) is 6.07 Å². The van der Waals surface area contributed by atoms with Gasteiger partial charge in [0.15, 0.2) is 0 Å². The van der Waals surface area contributed by atoms with Crippen molar-refractivity contribution in [3.63, 3.8) is 0 Å². The first kappa shape index (κ1) is 13.8. The maximum Gasteiger partial charge on any atom is 0.120 e. The van der Waals surface area contributed by atoms with Crippen molar-refractivity contribution in [3.05, 3.63) is 43.0 Å². The average Bonchev–Trinajstić information content (AvgIpc) is 2.41. The maximum absolute atomic E-state index is 9.60. The fraction of sp³-hybridized carbons (Fsp3) is 0.467. The molecule has 2 nitrogen and oxygen atoms in total. The number of benzene rings is 1. The van der Waals surface area contributed by atoms with Crippen molar-refractivity contribution in [3.8, 4) is 5.75 Å². The molecule has 1 aromatic carbocycles. The molecule has 1 aromatic rings. The van der Waals surface area contributed by atoms with Crippen LogP contribution in [0.2, 0.25) is 0 Å². The van der Waals surface area contributed by atoms with E-state index in [0.29, 0.717) is 11.8 Å². The summed E-state index contributed by atoms with van der Waals surface area (Å²) in [6, 6.07) is 8.21. The minimum atomic E-state index is 0.404. The number of hydrogen-bond donors (Lipinski definition) is 2. The van der Waals surface area contributed by atoms with Gasteiger partial charge in [0.05, 0.1) is 0 Å². The largest absolute Gasteiger partial charge is 0.508 e. The number of nitrogens with one attached hydrogen (secondary N) is 1. The van der Waals surface area contributed by atoms with E-state index in [1.807, 2.05) is 18.2 Å². The van der Waals surface area contributed by atoms with Crippen molar-refractivity contribution in [2.75, 3.05) is 0 Å². The van der Waals surface area contributed by atoms with Gasteiger partial charge in [0.1, 0.15) is 5.75 Å². The van der Waals surface area contributed by atoms with Gasteiger partial charge < -0.3 is 10.4 Å². The van der Waals surface area contributed by atoms with Gasteiger partial charge in [0.25, 0.3) is 0 Å². The number of para-hydroxylation sites is 1. The highest BCUT2D eigenvalue weighted by atomic mass is 16.3. The maximum atomic E-state index is 9.60. The quantitative estimate of drug-likeness (QED) is 0.782. The van der Waals surface area contributed by atoms with Gasteiger partial charge in [0.2, 0.25) is 0 Å². The van der Waals surface area contributed by atoms with Crippen LogP contribution in [0.4, 0.5) is 0 Å². The fourth-order valence-electron chi connectivity index (χ4n) is 2.22. The second kappa shape index (κ2) is 7.91. The van der Waals surface area contributed by atoms with Crippen molar-refractivity contribution in [1.29, 1.82) is 0 Å². The highest BCUT2D eigenvalue weighted by Gasteiger charge is 2.12. The summed E-state index contributed by atoms with van der Waals surface area (Å²) in [6.45, 7) is 6.79. The van der Waals surface area contributed by atoms with Gasteiger partial charge in [-0.05, 0) is 18.9 Å². The molecule has 1 fully saturated rings. The summed E-state index contributed by atoms with van der Waals surface area (Å²) >= 11 is 0. The van der Waals surface area contributed by atoms with Crippen LogP contribution >= 0.6 is 0 Å². The molecule has 2 rings (SSSR count). The Bertz CT molecular complexity index is 318. The van der Waals surface area contributed by atoms with E-state index in [1.165, 1.54) is 32.1 Å². The molecule has 0 heterocycles. The van der Waals surface area contributed by atoms with Gasteiger partial charge in [-0.3, -0.25) is 0 Å². The van der Waals surface area contributed by atoms with Gasteiger partial charge in [-0.25, -0.2) is 0 Å². The summed E-state index contributed by atoms with van der Waals surface area (Å²) in [5, 5.41) is 13.1. The molecule has 0 spiro atoms. The zero-order valence-electron chi connectivity index (χ0n) is 10.5. The van der Waals surface area contributed by atoms with Crippen molar-refractivity contribution in [2.45, 2.75) is 44.7 Å². The van der Waals surface area contributed by atoms with Gasteiger partial charge in [-0.15, -0.1) is 13.2 Å². The van der Waals surface area contributed by atoms with Crippen LogP contribution in [0.15, 0.2) is 37.4 Å². The Kier molecular flexibility index (Phi) is 6.41. The van der Waals surface area contributed by atoms with Crippen LogP contribution in [0, 0.1) is 0 Å².